The standard InChI is InChI=1S/C17H15F2N3O2S/c1-10(11-3-5-14(18)15(19)7-11)22-17-13-8-12(25(2,23)24)4-6-16(13)20-9-21-17/h3-10H,1-2H3,(H,20,21,22). The Morgan fingerprint density at radius 3 is 2.48 bits per heavy atom. The quantitative estimate of drug-likeness (QED) is 0.768. The molecule has 0 bridgehead atoms. The molecule has 1 atom stereocenters. The van der Waals surface area contributed by atoms with Crippen molar-refractivity contribution in [3.05, 3.63) is 59.9 Å². The fourth-order valence-corrected chi connectivity index (χ4v) is 3.10. The molecule has 1 N–H and O–H groups in total. The molecule has 0 spiro atoms. The van der Waals surface area contributed by atoms with E-state index in [4.69, 9.17) is 0 Å². The van der Waals surface area contributed by atoms with Crippen LogP contribution in [0.15, 0.2) is 47.6 Å². The molecule has 8 heteroatoms. The van der Waals surface area contributed by atoms with Crippen molar-refractivity contribution >= 4 is 26.6 Å². The first-order valence-corrected chi connectivity index (χ1v) is 9.31. The van der Waals surface area contributed by atoms with Crippen molar-refractivity contribution in [1.29, 1.82) is 0 Å². The van der Waals surface area contributed by atoms with E-state index in [1.54, 1.807) is 13.0 Å². The molecule has 0 fully saturated rings. The van der Waals surface area contributed by atoms with E-state index in [9.17, 15) is 17.2 Å². The SMILES string of the molecule is CC(Nc1ncnc2ccc(S(C)(=O)=O)cc12)c1ccc(F)c(F)c1. The van der Waals surface area contributed by atoms with Gasteiger partial charge in [-0.05, 0) is 42.8 Å². The summed E-state index contributed by atoms with van der Waals surface area (Å²) >= 11 is 0. The molecule has 0 aliphatic rings. The van der Waals surface area contributed by atoms with Crippen molar-refractivity contribution in [3.63, 3.8) is 0 Å². The van der Waals surface area contributed by atoms with Crippen molar-refractivity contribution in [1.82, 2.24) is 9.97 Å². The van der Waals surface area contributed by atoms with Crippen LogP contribution in [0.4, 0.5) is 14.6 Å². The molecule has 1 unspecified atom stereocenters. The van der Waals surface area contributed by atoms with E-state index in [0.29, 0.717) is 22.3 Å². The number of benzene rings is 2. The molecule has 0 saturated heterocycles. The van der Waals surface area contributed by atoms with Crippen molar-refractivity contribution < 1.29 is 17.2 Å². The van der Waals surface area contributed by atoms with Crippen LogP contribution in [0.3, 0.4) is 0 Å². The van der Waals surface area contributed by atoms with Gasteiger partial charge in [0.1, 0.15) is 12.1 Å². The average molecular weight is 363 g/mol. The lowest BCUT2D eigenvalue weighted by Gasteiger charge is -2.16. The number of fused-ring (bicyclic) bond motifs is 1. The van der Waals surface area contributed by atoms with E-state index in [-0.39, 0.29) is 10.9 Å². The summed E-state index contributed by atoms with van der Waals surface area (Å²) in [4.78, 5) is 8.42. The maximum atomic E-state index is 13.4. The van der Waals surface area contributed by atoms with Gasteiger partial charge < -0.3 is 5.32 Å². The third-order valence-corrected chi connectivity index (χ3v) is 4.94. The van der Waals surface area contributed by atoms with Gasteiger partial charge in [0.2, 0.25) is 0 Å². The molecule has 1 aromatic heterocycles. The number of hydrogen-bond acceptors (Lipinski definition) is 5. The minimum absolute atomic E-state index is 0.151. The molecule has 0 radical (unpaired) electrons. The van der Waals surface area contributed by atoms with Crippen LogP contribution in [-0.2, 0) is 9.84 Å². The predicted octanol–water partition coefficient (Wildman–Crippen LogP) is 3.48. The number of halogens is 2. The second kappa shape index (κ2) is 6.36. The highest BCUT2D eigenvalue weighted by molar-refractivity contribution is 7.90. The lowest BCUT2D eigenvalue weighted by Crippen LogP contribution is -2.09. The Morgan fingerprint density at radius 2 is 1.80 bits per heavy atom. The van der Waals surface area contributed by atoms with Gasteiger partial charge in [0.25, 0.3) is 0 Å². The van der Waals surface area contributed by atoms with Gasteiger partial charge in [-0.3, -0.25) is 0 Å². The minimum Gasteiger partial charge on any atom is -0.363 e. The zero-order valence-electron chi connectivity index (χ0n) is 13.5. The molecule has 130 valence electrons. The van der Waals surface area contributed by atoms with Crippen LogP contribution in [0.1, 0.15) is 18.5 Å². The highest BCUT2D eigenvalue weighted by Crippen LogP contribution is 2.26. The largest absolute Gasteiger partial charge is 0.363 e. The van der Waals surface area contributed by atoms with Gasteiger partial charge in [-0.2, -0.15) is 0 Å². The van der Waals surface area contributed by atoms with Crippen molar-refractivity contribution in [2.75, 3.05) is 11.6 Å². The van der Waals surface area contributed by atoms with Crippen molar-refractivity contribution in [2.45, 2.75) is 17.9 Å². The van der Waals surface area contributed by atoms with Gasteiger partial charge in [-0.25, -0.2) is 27.2 Å². The molecule has 1 heterocycles. The molecule has 0 aliphatic heterocycles. The van der Waals surface area contributed by atoms with Gasteiger partial charge in [0.15, 0.2) is 21.5 Å². The molecule has 2 aromatic carbocycles. The molecule has 0 amide bonds. The van der Waals surface area contributed by atoms with Crippen LogP contribution in [0.2, 0.25) is 0 Å². The highest BCUT2D eigenvalue weighted by atomic mass is 32.2. The lowest BCUT2D eigenvalue weighted by molar-refractivity contribution is 0.506. The Hall–Kier alpha value is -2.61. The van der Waals surface area contributed by atoms with Gasteiger partial charge in [0.05, 0.1) is 16.5 Å². The molecular formula is C17H15F2N3O2S. The molecule has 0 saturated carbocycles. The number of nitrogens with one attached hydrogen (secondary N) is 1. The second-order valence-corrected chi connectivity index (χ2v) is 7.73. The summed E-state index contributed by atoms with van der Waals surface area (Å²) < 4.78 is 50.0. The zero-order chi connectivity index (χ0) is 18.2. The van der Waals surface area contributed by atoms with E-state index >= 15 is 0 Å². The fraction of sp³-hybridized carbons (Fsp3) is 0.176. The number of hydrogen-bond donors (Lipinski definition) is 1. The first kappa shape index (κ1) is 17.2. The third kappa shape index (κ3) is 3.58. The number of aromatic nitrogens is 2. The average Bonchev–Trinajstić information content (AvgIpc) is 2.56. The number of sulfone groups is 1. The number of anilines is 1. The Bertz CT molecular complexity index is 1050. The van der Waals surface area contributed by atoms with E-state index in [2.05, 4.69) is 15.3 Å². The predicted molar refractivity (Wildman–Crippen MR) is 91.0 cm³/mol. The van der Waals surface area contributed by atoms with Crippen LogP contribution in [0.25, 0.3) is 10.9 Å². The summed E-state index contributed by atoms with van der Waals surface area (Å²) in [5.41, 5.74) is 1.10. The smallest absolute Gasteiger partial charge is 0.175 e. The lowest BCUT2D eigenvalue weighted by atomic mass is 10.1. The highest BCUT2D eigenvalue weighted by Gasteiger charge is 2.14. The number of nitrogens with zero attached hydrogens (tertiary/aromatic N) is 2. The molecular weight excluding hydrogens is 348 g/mol. The zero-order valence-corrected chi connectivity index (χ0v) is 14.3. The Kier molecular flexibility index (Phi) is 4.38. The third-order valence-electron chi connectivity index (χ3n) is 3.83. The molecule has 3 aromatic rings. The van der Waals surface area contributed by atoms with Gasteiger partial charge in [0, 0.05) is 11.6 Å². The molecule has 5 nitrogen and oxygen atoms in total. The first-order chi connectivity index (χ1) is 11.8. The normalized spacial score (nSPS) is 13.0. The monoisotopic (exact) mass is 363 g/mol. The van der Waals surface area contributed by atoms with Crippen LogP contribution >= 0.6 is 0 Å². The van der Waals surface area contributed by atoms with Gasteiger partial charge in [-0.1, -0.05) is 6.07 Å². The fourth-order valence-electron chi connectivity index (χ4n) is 2.45. The minimum atomic E-state index is -3.38. The Morgan fingerprint density at radius 1 is 1.04 bits per heavy atom. The summed E-state index contributed by atoms with van der Waals surface area (Å²) in [5.74, 6) is -1.44. The van der Waals surface area contributed by atoms with Gasteiger partial charge >= 0.3 is 0 Å². The Labute approximate surface area is 143 Å². The number of rotatable bonds is 4. The van der Waals surface area contributed by atoms with Crippen LogP contribution in [0, 0.1) is 11.6 Å². The van der Waals surface area contributed by atoms with E-state index in [0.717, 1.165) is 18.4 Å². The summed E-state index contributed by atoms with van der Waals surface area (Å²) in [6, 6.07) is 7.83. The molecule has 3 rings (SSSR count). The molecule has 0 aliphatic carbocycles. The summed E-state index contributed by atoms with van der Waals surface area (Å²) in [6.45, 7) is 1.76. The first-order valence-electron chi connectivity index (χ1n) is 7.42. The Balaban J connectivity index is 2.01. The molecule has 25 heavy (non-hydrogen) atoms. The summed E-state index contributed by atoms with van der Waals surface area (Å²) in [6.07, 6.45) is 2.47. The maximum absolute atomic E-state index is 13.4. The van der Waals surface area contributed by atoms with Crippen molar-refractivity contribution in [3.8, 4) is 0 Å². The second-order valence-electron chi connectivity index (χ2n) is 5.71. The summed E-state index contributed by atoms with van der Waals surface area (Å²) in [7, 11) is -3.38. The van der Waals surface area contributed by atoms with E-state index in [1.165, 1.54) is 24.5 Å². The van der Waals surface area contributed by atoms with Crippen LogP contribution < -0.4 is 5.32 Å². The summed E-state index contributed by atoms with van der Waals surface area (Å²) in [5, 5.41) is 3.62. The van der Waals surface area contributed by atoms with E-state index in [1.807, 2.05) is 0 Å². The van der Waals surface area contributed by atoms with E-state index < -0.39 is 21.5 Å². The topological polar surface area (TPSA) is 72.0 Å². The van der Waals surface area contributed by atoms with Crippen LogP contribution in [-0.4, -0.2) is 24.6 Å². The van der Waals surface area contributed by atoms with Crippen LogP contribution in [0.5, 0.6) is 0 Å². The van der Waals surface area contributed by atoms with Gasteiger partial charge in [-0.15, -0.1) is 0 Å². The van der Waals surface area contributed by atoms with Crippen molar-refractivity contribution in [2.24, 2.45) is 0 Å². The maximum Gasteiger partial charge on any atom is 0.175 e.